The van der Waals surface area contributed by atoms with E-state index in [1.54, 1.807) is 54.6 Å². The molecule has 1 aliphatic rings. The van der Waals surface area contributed by atoms with Gasteiger partial charge in [-0.2, -0.15) is 0 Å². The van der Waals surface area contributed by atoms with Gasteiger partial charge in [0.1, 0.15) is 0 Å². The van der Waals surface area contributed by atoms with Gasteiger partial charge in [0, 0.05) is 0 Å². The van der Waals surface area contributed by atoms with E-state index in [2.05, 4.69) is 0 Å². The van der Waals surface area contributed by atoms with Crippen LogP contribution in [0, 0.1) is 0 Å². The predicted octanol–water partition coefficient (Wildman–Crippen LogP) is 2.34. The third kappa shape index (κ3) is 4.60. The molecule has 4 rings (SSSR count). The molecule has 1 aromatic heterocycles. The van der Waals surface area contributed by atoms with Crippen LogP contribution in [0.25, 0.3) is 0 Å². The Hall–Kier alpha value is -3.22. The van der Waals surface area contributed by atoms with Gasteiger partial charge in [0.25, 0.3) is 0 Å². The summed E-state index contributed by atoms with van der Waals surface area (Å²) in [6, 6.07) is 18.3. The van der Waals surface area contributed by atoms with E-state index in [1.165, 1.54) is 16.8 Å². The first-order valence-electron chi connectivity index (χ1n) is 9.86. The van der Waals surface area contributed by atoms with Gasteiger partial charge in [-0.15, -0.1) is 0 Å². The summed E-state index contributed by atoms with van der Waals surface area (Å²) in [6.07, 6.45) is 3.00. The first-order chi connectivity index (χ1) is 15.0. The van der Waals surface area contributed by atoms with Crippen molar-refractivity contribution in [1.82, 2.24) is 9.13 Å². The molecule has 1 saturated heterocycles. The number of benzene rings is 2. The van der Waals surface area contributed by atoms with Gasteiger partial charge in [0.15, 0.2) is 0 Å². The standard InChI is InChI=1S/C23H20N2O5Se/c26-19-13-14-24(23(29)25(19)21(27)16-7-3-1-4-8-16)20-12-11-18(31-20)15-30-22(28)17-9-5-2-6-10-17/h1-10,13-14,18,20H,11-12,15H2/t18-,20+/m1/s1. The number of hydrogen-bond acceptors (Lipinski definition) is 5. The average molecular weight is 483 g/mol. The van der Waals surface area contributed by atoms with Crippen molar-refractivity contribution in [2.75, 3.05) is 6.61 Å². The minimum atomic E-state index is -0.644. The molecule has 2 atom stereocenters. The van der Waals surface area contributed by atoms with Crippen LogP contribution >= 0.6 is 0 Å². The van der Waals surface area contributed by atoms with E-state index in [0.717, 1.165) is 12.8 Å². The summed E-state index contributed by atoms with van der Waals surface area (Å²) in [5.74, 6) is -0.997. The molecule has 0 spiro atoms. The van der Waals surface area contributed by atoms with Gasteiger partial charge in [-0.25, -0.2) is 0 Å². The van der Waals surface area contributed by atoms with E-state index >= 15 is 0 Å². The van der Waals surface area contributed by atoms with Gasteiger partial charge in [-0.1, -0.05) is 0 Å². The van der Waals surface area contributed by atoms with Crippen LogP contribution < -0.4 is 11.2 Å². The molecule has 0 bridgehead atoms. The van der Waals surface area contributed by atoms with Gasteiger partial charge >= 0.3 is 184 Å². The molecule has 1 fully saturated rings. The second kappa shape index (κ2) is 9.29. The predicted molar refractivity (Wildman–Crippen MR) is 116 cm³/mol. The third-order valence-electron chi connectivity index (χ3n) is 5.04. The van der Waals surface area contributed by atoms with Crippen molar-refractivity contribution in [3.8, 4) is 0 Å². The van der Waals surface area contributed by atoms with Crippen LogP contribution in [0.5, 0.6) is 0 Å². The zero-order chi connectivity index (χ0) is 21.8. The summed E-state index contributed by atoms with van der Waals surface area (Å²) in [6.45, 7) is 0.293. The number of carbonyl (C=O) groups excluding carboxylic acids is 2. The number of aromatic nitrogens is 2. The van der Waals surface area contributed by atoms with Crippen LogP contribution in [0.2, 0.25) is 4.82 Å². The number of nitrogens with zero attached hydrogens (tertiary/aromatic N) is 2. The molecule has 158 valence electrons. The topological polar surface area (TPSA) is 87.4 Å². The van der Waals surface area contributed by atoms with Crippen molar-refractivity contribution in [2.24, 2.45) is 0 Å². The summed E-state index contributed by atoms with van der Waals surface area (Å²) in [5, 5.41) is 0. The van der Waals surface area contributed by atoms with E-state index in [1.807, 2.05) is 6.07 Å². The van der Waals surface area contributed by atoms with Gasteiger partial charge in [0.2, 0.25) is 0 Å². The second-order valence-electron chi connectivity index (χ2n) is 7.10. The van der Waals surface area contributed by atoms with Gasteiger partial charge in [-0.3, -0.25) is 0 Å². The summed E-state index contributed by atoms with van der Waals surface area (Å²) in [7, 11) is 0. The van der Waals surface area contributed by atoms with Crippen LogP contribution in [0.1, 0.15) is 38.5 Å². The van der Waals surface area contributed by atoms with Crippen LogP contribution in [0.4, 0.5) is 0 Å². The Morgan fingerprint density at radius 3 is 2.23 bits per heavy atom. The summed E-state index contributed by atoms with van der Waals surface area (Å²) in [5.41, 5.74) is -0.488. The fraction of sp³-hybridized carbons (Fsp3) is 0.217. The molecule has 0 amide bonds. The molecule has 0 saturated carbocycles. The van der Waals surface area contributed by atoms with Crippen molar-refractivity contribution in [3.63, 3.8) is 0 Å². The first kappa shape index (κ1) is 21.0. The SMILES string of the molecule is O=C(OC[C@H]1CC[C@@H](n2ccc(=O)n(C(=O)c3ccccc3)c2=O)[Se]1)c1ccccc1. The fourth-order valence-electron chi connectivity index (χ4n) is 3.45. The number of esters is 1. The number of carbonyl (C=O) groups is 2. The molecule has 0 unspecified atom stereocenters. The van der Waals surface area contributed by atoms with E-state index in [0.29, 0.717) is 16.7 Å². The first-order valence-corrected chi connectivity index (χ1v) is 11.8. The number of hydrogen-bond donors (Lipinski definition) is 0. The molecule has 2 aromatic carbocycles. The third-order valence-corrected chi connectivity index (χ3v) is 8.26. The van der Waals surface area contributed by atoms with Crippen LogP contribution in [0.15, 0.2) is 82.5 Å². The molecule has 7 nitrogen and oxygen atoms in total. The molecule has 0 radical (unpaired) electrons. The monoisotopic (exact) mass is 484 g/mol. The second-order valence-corrected chi connectivity index (χ2v) is 10.2. The van der Waals surface area contributed by atoms with Crippen molar-refractivity contribution in [2.45, 2.75) is 22.6 Å². The van der Waals surface area contributed by atoms with Gasteiger partial charge in [-0.05, 0) is 0 Å². The maximum absolute atomic E-state index is 13.0. The Morgan fingerprint density at radius 1 is 0.903 bits per heavy atom. The quantitative estimate of drug-likeness (QED) is 0.411. The maximum atomic E-state index is 13.0. The van der Waals surface area contributed by atoms with E-state index in [9.17, 15) is 19.2 Å². The molecule has 3 aromatic rings. The minimum absolute atomic E-state index is 0.0289. The number of ether oxygens (including phenoxy) is 1. The number of rotatable bonds is 5. The molecule has 0 N–H and O–H groups in total. The zero-order valence-electron chi connectivity index (χ0n) is 16.5. The van der Waals surface area contributed by atoms with E-state index in [4.69, 9.17) is 4.74 Å². The van der Waals surface area contributed by atoms with Crippen molar-refractivity contribution >= 4 is 26.8 Å². The van der Waals surface area contributed by atoms with E-state index < -0.39 is 17.2 Å². The fourth-order valence-corrected chi connectivity index (χ4v) is 6.44. The molecule has 1 aliphatic heterocycles. The Bertz CT molecular complexity index is 1200. The summed E-state index contributed by atoms with van der Waals surface area (Å²) < 4.78 is 7.61. The Labute approximate surface area is 184 Å². The van der Waals surface area contributed by atoms with Crippen LogP contribution in [0.3, 0.4) is 0 Å². The summed E-state index contributed by atoms with van der Waals surface area (Å²) in [4.78, 5) is 50.2. The van der Waals surface area contributed by atoms with Crippen LogP contribution in [-0.2, 0) is 4.74 Å². The Kier molecular flexibility index (Phi) is 6.30. The van der Waals surface area contributed by atoms with Gasteiger partial charge < -0.3 is 0 Å². The Balaban J connectivity index is 1.47. The zero-order valence-corrected chi connectivity index (χ0v) is 18.3. The normalized spacial score (nSPS) is 17.9. The molecular formula is C23H20N2O5Se. The van der Waals surface area contributed by atoms with Crippen LogP contribution in [-0.4, -0.2) is 42.6 Å². The molecule has 31 heavy (non-hydrogen) atoms. The van der Waals surface area contributed by atoms with Crippen molar-refractivity contribution in [1.29, 1.82) is 0 Å². The van der Waals surface area contributed by atoms with Crippen molar-refractivity contribution < 1.29 is 14.3 Å². The van der Waals surface area contributed by atoms with E-state index in [-0.39, 0.29) is 36.2 Å². The molecular weight excluding hydrogens is 463 g/mol. The van der Waals surface area contributed by atoms with Gasteiger partial charge in [0.05, 0.1) is 0 Å². The molecule has 0 aliphatic carbocycles. The molecule has 2 heterocycles. The Morgan fingerprint density at radius 2 is 1.55 bits per heavy atom. The molecule has 8 heteroatoms. The summed E-state index contributed by atoms with van der Waals surface area (Å²) >= 11 is -0.0289. The van der Waals surface area contributed by atoms with Crippen molar-refractivity contribution in [3.05, 3.63) is 105 Å². The average Bonchev–Trinajstić information content (AvgIpc) is 3.27.